The lowest BCUT2D eigenvalue weighted by Crippen LogP contribution is -2.45. The monoisotopic (exact) mass is 326 g/mol. The molecule has 0 saturated carbocycles. The number of rotatable bonds is 3. The highest BCUT2D eigenvalue weighted by Gasteiger charge is 2.34. The highest BCUT2D eigenvalue weighted by Crippen LogP contribution is 2.31. The van der Waals surface area contributed by atoms with E-state index in [1.807, 2.05) is 29.2 Å². The van der Waals surface area contributed by atoms with Crippen LogP contribution in [-0.2, 0) is 17.8 Å². The summed E-state index contributed by atoms with van der Waals surface area (Å²) in [7, 11) is 0. The number of para-hydroxylation sites is 1. The molecule has 2 aliphatic rings. The second-order valence-corrected chi connectivity index (χ2v) is 6.49. The number of amides is 1. The number of likely N-dealkylation sites (tertiary alicyclic amines) is 1. The molecule has 2 aliphatic heterocycles. The lowest BCUT2D eigenvalue weighted by Gasteiger charge is -2.32. The average molecular weight is 326 g/mol. The smallest absolute Gasteiger partial charge is 0.263 e. The number of carbonyl (C=O) groups is 1. The molecule has 24 heavy (non-hydrogen) atoms. The van der Waals surface area contributed by atoms with Crippen LogP contribution in [0.1, 0.15) is 37.1 Å². The molecule has 6 heteroatoms. The van der Waals surface area contributed by atoms with Crippen LogP contribution in [-0.4, -0.2) is 44.8 Å². The first-order valence-electron chi connectivity index (χ1n) is 8.67. The van der Waals surface area contributed by atoms with Gasteiger partial charge in [-0.25, -0.2) is 0 Å². The highest BCUT2D eigenvalue weighted by atomic mass is 16.5. The van der Waals surface area contributed by atoms with Crippen LogP contribution in [0.5, 0.6) is 5.75 Å². The lowest BCUT2D eigenvalue weighted by atomic mass is 9.95. The quantitative estimate of drug-likeness (QED) is 0.866. The van der Waals surface area contributed by atoms with Crippen molar-refractivity contribution >= 4 is 5.91 Å². The van der Waals surface area contributed by atoms with Crippen LogP contribution in [0.25, 0.3) is 0 Å². The third-order valence-electron chi connectivity index (χ3n) is 5.08. The molecule has 2 aromatic rings. The minimum absolute atomic E-state index is 0.113. The van der Waals surface area contributed by atoms with E-state index in [1.165, 1.54) is 0 Å². The fraction of sp³-hybridized carbons (Fsp3) is 0.500. The zero-order valence-electron chi connectivity index (χ0n) is 13.9. The molecule has 0 N–H and O–H groups in total. The van der Waals surface area contributed by atoms with Gasteiger partial charge in [0, 0.05) is 32.0 Å². The highest BCUT2D eigenvalue weighted by molar-refractivity contribution is 5.82. The summed E-state index contributed by atoms with van der Waals surface area (Å²) in [6, 6.07) is 7.91. The number of aromatic nitrogens is 3. The van der Waals surface area contributed by atoms with Crippen LogP contribution >= 0.6 is 0 Å². The van der Waals surface area contributed by atoms with Crippen molar-refractivity contribution in [3.63, 3.8) is 0 Å². The van der Waals surface area contributed by atoms with E-state index in [1.54, 1.807) is 6.33 Å². The number of aryl methyl sites for hydroxylation is 1. The van der Waals surface area contributed by atoms with Gasteiger partial charge >= 0.3 is 0 Å². The number of nitrogens with zero attached hydrogens (tertiary/aromatic N) is 4. The molecule has 4 rings (SSSR count). The molecular formula is C18H22N4O2. The molecule has 0 unspecified atom stereocenters. The second kappa shape index (κ2) is 6.26. The van der Waals surface area contributed by atoms with Crippen LogP contribution in [0.3, 0.4) is 0 Å². The van der Waals surface area contributed by atoms with E-state index < -0.39 is 0 Å². The summed E-state index contributed by atoms with van der Waals surface area (Å²) in [6.45, 7) is 4.50. The van der Waals surface area contributed by atoms with E-state index in [-0.39, 0.29) is 12.0 Å². The van der Waals surface area contributed by atoms with E-state index in [9.17, 15) is 4.79 Å². The average Bonchev–Trinajstić information content (AvgIpc) is 3.27. The lowest BCUT2D eigenvalue weighted by molar-refractivity contribution is -0.139. The molecule has 1 aromatic carbocycles. The maximum absolute atomic E-state index is 12.8. The van der Waals surface area contributed by atoms with Gasteiger partial charge in [-0.2, -0.15) is 0 Å². The van der Waals surface area contributed by atoms with Crippen LogP contribution < -0.4 is 4.74 Å². The predicted molar refractivity (Wildman–Crippen MR) is 88.8 cm³/mol. The van der Waals surface area contributed by atoms with Crippen molar-refractivity contribution in [3.05, 3.63) is 42.0 Å². The van der Waals surface area contributed by atoms with Gasteiger partial charge < -0.3 is 14.2 Å². The van der Waals surface area contributed by atoms with Gasteiger partial charge in [0.2, 0.25) is 0 Å². The van der Waals surface area contributed by atoms with Gasteiger partial charge in [0.25, 0.3) is 5.91 Å². The number of hydrogen-bond donors (Lipinski definition) is 0. The van der Waals surface area contributed by atoms with Gasteiger partial charge in [-0.05, 0) is 31.4 Å². The number of hydrogen-bond acceptors (Lipinski definition) is 4. The summed E-state index contributed by atoms with van der Waals surface area (Å²) in [5, 5.41) is 8.29. The molecular weight excluding hydrogens is 304 g/mol. The Morgan fingerprint density at radius 3 is 2.83 bits per heavy atom. The Bertz CT molecular complexity index is 709. The Kier molecular flexibility index (Phi) is 3.96. The Hall–Kier alpha value is -2.37. The maximum atomic E-state index is 12.8. The molecule has 0 aliphatic carbocycles. The fourth-order valence-corrected chi connectivity index (χ4v) is 3.71. The van der Waals surface area contributed by atoms with E-state index in [4.69, 9.17) is 4.74 Å². The molecule has 1 fully saturated rings. The van der Waals surface area contributed by atoms with E-state index in [0.717, 1.165) is 49.6 Å². The first-order chi connectivity index (χ1) is 11.8. The number of benzene rings is 1. The second-order valence-electron chi connectivity index (χ2n) is 6.49. The van der Waals surface area contributed by atoms with Crippen LogP contribution in [0.2, 0.25) is 0 Å². The van der Waals surface area contributed by atoms with Crippen LogP contribution in [0, 0.1) is 0 Å². The predicted octanol–water partition coefficient (Wildman–Crippen LogP) is 2.01. The Morgan fingerprint density at radius 1 is 1.29 bits per heavy atom. The molecule has 6 nitrogen and oxygen atoms in total. The standard InChI is InChI=1S/C18H22N4O2/c1-2-21-12-19-20-17(21)13-7-9-22(10-8-13)18(23)16-11-14-5-3-4-6-15(14)24-16/h3-6,12-13,16H,2,7-11H2,1H3/t16-/m1/s1. The number of piperidine rings is 1. The summed E-state index contributed by atoms with van der Waals surface area (Å²) in [5.41, 5.74) is 1.13. The van der Waals surface area contributed by atoms with Gasteiger partial charge in [0.1, 0.15) is 17.9 Å². The number of ether oxygens (including phenoxy) is 1. The molecule has 0 spiro atoms. The Balaban J connectivity index is 1.37. The maximum Gasteiger partial charge on any atom is 0.263 e. The molecule has 0 bridgehead atoms. The van der Waals surface area contributed by atoms with Gasteiger partial charge in [-0.3, -0.25) is 4.79 Å². The Morgan fingerprint density at radius 2 is 2.08 bits per heavy atom. The molecule has 1 atom stereocenters. The summed E-state index contributed by atoms with van der Waals surface area (Å²) in [6.07, 6.45) is 3.97. The molecule has 0 radical (unpaired) electrons. The van der Waals surface area contributed by atoms with E-state index in [2.05, 4.69) is 21.7 Å². The van der Waals surface area contributed by atoms with Gasteiger partial charge in [-0.1, -0.05) is 18.2 Å². The third-order valence-corrected chi connectivity index (χ3v) is 5.08. The molecule has 1 aromatic heterocycles. The largest absolute Gasteiger partial charge is 0.480 e. The zero-order chi connectivity index (χ0) is 16.5. The summed E-state index contributed by atoms with van der Waals surface area (Å²) in [4.78, 5) is 14.7. The summed E-state index contributed by atoms with van der Waals surface area (Å²) >= 11 is 0. The first-order valence-corrected chi connectivity index (χ1v) is 8.67. The molecule has 1 amide bonds. The van der Waals surface area contributed by atoms with Crippen molar-refractivity contribution < 1.29 is 9.53 Å². The minimum Gasteiger partial charge on any atom is -0.480 e. The van der Waals surface area contributed by atoms with Crippen molar-refractivity contribution in [1.82, 2.24) is 19.7 Å². The topological polar surface area (TPSA) is 60.2 Å². The van der Waals surface area contributed by atoms with Crippen molar-refractivity contribution in [1.29, 1.82) is 0 Å². The van der Waals surface area contributed by atoms with E-state index in [0.29, 0.717) is 12.3 Å². The molecule has 3 heterocycles. The van der Waals surface area contributed by atoms with Crippen molar-refractivity contribution in [2.75, 3.05) is 13.1 Å². The molecule has 126 valence electrons. The number of carbonyl (C=O) groups excluding carboxylic acids is 1. The summed E-state index contributed by atoms with van der Waals surface area (Å²) in [5.74, 6) is 2.40. The van der Waals surface area contributed by atoms with Crippen LogP contribution in [0.15, 0.2) is 30.6 Å². The normalized spacial score (nSPS) is 20.7. The SMILES string of the molecule is CCn1cnnc1C1CCN(C(=O)[C@H]2Cc3ccccc3O2)CC1. The van der Waals surface area contributed by atoms with Crippen molar-refractivity contribution in [2.24, 2.45) is 0 Å². The number of fused-ring (bicyclic) bond motifs is 1. The summed E-state index contributed by atoms with van der Waals surface area (Å²) < 4.78 is 7.94. The van der Waals surface area contributed by atoms with Crippen molar-refractivity contribution in [2.45, 2.75) is 44.8 Å². The Labute approximate surface area is 141 Å². The fourth-order valence-electron chi connectivity index (χ4n) is 3.71. The van der Waals surface area contributed by atoms with Crippen molar-refractivity contribution in [3.8, 4) is 5.75 Å². The van der Waals surface area contributed by atoms with E-state index >= 15 is 0 Å². The molecule has 1 saturated heterocycles. The van der Waals surface area contributed by atoms with Gasteiger partial charge in [-0.15, -0.1) is 10.2 Å². The minimum atomic E-state index is -0.363. The van der Waals surface area contributed by atoms with Crippen LogP contribution in [0.4, 0.5) is 0 Å². The van der Waals surface area contributed by atoms with Gasteiger partial charge in [0.15, 0.2) is 6.10 Å². The third kappa shape index (κ3) is 2.66. The van der Waals surface area contributed by atoms with Gasteiger partial charge in [0.05, 0.1) is 0 Å². The zero-order valence-corrected chi connectivity index (χ0v) is 13.9. The first kappa shape index (κ1) is 15.2.